The van der Waals surface area contributed by atoms with Crippen molar-refractivity contribution < 1.29 is 14.0 Å². The first-order chi connectivity index (χ1) is 10.2. The molecular weight excluding hydrogens is 292 g/mol. The number of halogens is 1. The Bertz CT molecular complexity index is 636. The smallest absolute Gasteiger partial charge is 0.222 e. The molecule has 1 heterocycles. The molecule has 3 rings (SSSR count). The second-order valence-corrected chi connectivity index (χ2v) is 5.54. The number of nitrogens with zero attached hydrogens (tertiary/aromatic N) is 1. The molecule has 0 atom stereocenters. The quantitative estimate of drug-likeness (QED) is 0.927. The zero-order chi connectivity index (χ0) is 14.8. The Morgan fingerprint density at radius 1 is 1.29 bits per heavy atom. The molecular formula is C15H17ClN2O3. The maximum absolute atomic E-state index is 6.28. The number of nitrogen functional groups attached to an aromatic ring is 1. The molecule has 0 aliphatic heterocycles. The first-order valence-electron chi connectivity index (χ1n) is 6.94. The van der Waals surface area contributed by atoms with Gasteiger partial charge in [-0.2, -0.15) is 0 Å². The number of hydrogen-bond acceptors (Lipinski definition) is 5. The summed E-state index contributed by atoms with van der Waals surface area (Å²) >= 11 is 6.28. The summed E-state index contributed by atoms with van der Waals surface area (Å²) in [6, 6.07) is 5.27. The molecule has 112 valence electrons. The van der Waals surface area contributed by atoms with E-state index in [2.05, 4.69) is 5.16 Å². The Hall–Kier alpha value is -1.88. The summed E-state index contributed by atoms with van der Waals surface area (Å²) in [6.45, 7) is 0. The van der Waals surface area contributed by atoms with Gasteiger partial charge in [0.1, 0.15) is 5.69 Å². The number of hydrogen-bond donors (Lipinski definition) is 1. The molecule has 1 saturated carbocycles. The van der Waals surface area contributed by atoms with Gasteiger partial charge < -0.3 is 19.7 Å². The van der Waals surface area contributed by atoms with Crippen molar-refractivity contribution in [1.29, 1.82) is 0 Å². The lowest BCUT2D eigenvalue weighted by Crippen LogP contribution is -2.11. The van der Waals surface area contributed by atoms with Gasteiger partial charge in [0.05, 0.1) is 18.2 Å². The van der Waals surface area contributed by atoms with E-state index in [-0.39, 0.29) is 12.0 Å². The van der Waals surface area contributed by atoms with Gasteiger partial charge >= 0.3 is 0 Å². The minimum atomic E-state index is 0.215. The fourth-order valence-electron chi connectivity index (χ4n) is 2.61. The Morgan fingerprint density at radius 2 is 2.05 bits per heavy atom. The summed E-state index contributed by atoms with van der Waals surface area (Å²) in [5, 5.41) is 4.38. The summed E-state index contributed by atoms with van der Waals surface area (Å²) < 4.78 is 16.3. The highest BCUT2D eigenvalue weighted by molar-refractivity contribution is 6.32. The molecule has 1 aromatic carbocycles. The predicted octanol–water partition coefficient (Wildman–Crippen LogP) is 3.91. The Kier molecular flexibility index (Phi) is 3.92. The normalized spacial score (nSPS) is 15.3. The van der Waals surface area contributed by atoms with Crippen molar-refractivity contribution in [3.05, 3.63) is 23.2 Å². The summed E-state index contributed by atoms with van der Waals surface area (Å²) in [7, 11) is 1.58. The van der Waals surface area contributed by atoms with Crippen LogP contribution in [0.2, 0.25) is 5.02 Å². The molecule has 1 aromatic heterocycles. The van der Waals surface area contributed by atoms with Crippen molar-refractivity contribution in [2.75, 3.05) is 12.8 Å². The van der Waals surface area contributed by atoms with Crippen LogP contribution in [0, 0.1) is 0 Å². The maximum atomic E-state index is 6.28. The monoisotopic (exact) mass is 308 g/mol. The highest BCUT2D eigenvalue weighted by Gasteiger charge is 2.21. The van der Waals surface area contributed by atoms with Gasteiger partial charge in [-0.1, -0.05) is 16.8 Å². The van der Waals surface area contributed by atoms with Gasteiger partial charge in [-0.25, -0.2) is 0 Å². The van der Waals surface area contributed by atoms with Crippen LogP contribution in [-0.2, 0) is 0 Å². The lowest BCUT2D eigenvalue weighted by Gasteiger charge is -2.17. The van der Waals surface area contributed by atoms with E-state index in [0.717, 1.165) is 18.4 Å². The number of rotatable bonds is 4. The second kappa shape index (κ2) is 5.85. The SMILES string of the molecule is COc1c(Cl)cc(-c2cc(N)on2)cc1OC1CCCC1. The number of benzene rings is 1. The predicted molar refractivity (Wildman–Crippen MR) is 80.8 cm³/mol. The van der Waals surface area contributed by atoms with Crippen LogP contribution in [0.3, 0.4) is 0 Å². The Balaban J connectivity index is 1.97. The molecule has 0 radical (unpaired) electrons. The molecule has 2 aromatic rings. The molecule has 5 nitrogen and oxygen atoms in total. The third-order valence-corrected chi connectivity index (χ3v) is 3.91. The van der Waals surface area contributed by atoms with Crippen LogP contribution < -0.4 is 15.2 Å². The van der Waals surface area contributed by atoms with E-state index in [1.165, 1.54) is 12.8 Å². The van der Waals surface area contributed by atoms with E-state index >= 15 is 0 Å². The molecule has 1 fully saturated rings. The molecule has 21 heavy (non-hydrogen) atoms. The van der Waals surface area contributed by atoms with Gasteiger partial charge in [0, 0.05) is 11.6 Å². The number of methoxy groups -OCH3 is 1. The highest BCUT2D eigenvalue weighted by atomic mass is 35.5. The van der Waals surface area contributed by atoms with Crippen LogP contribution in [0.1, 0.15) is 25.7 Å². The topological polar surface area (TPSA) is 70.5 Å². The summed E-state index contributed by atoms with van der Waals surface area (Å²) in [6.07, 6.45) is 4.72. The standard InChI is InChI=1S/C15H17ClN2O3/c1-19-15-11(16)6-9(12-8-14(17)21-18-12)7-13(15)20-10-4-2-3-5-10/h6-8,10H,2-5,17H2,1H3. The van der Waals surface area contributed by atoms with Crippen molar-refractivity contribution in [2.45, 2.75) is 31.8 Å². The summed E-state index contributed by atoms with van der Waals surface area (Å²) in [4.78, 5) is 0. The lowest BCUT2D eigenvalue weighted by molar-refractivity contribution is 0.201. The molecule has 1 aliphatic carbocycles. The van der Waals surface area contributed by atoms with Crippen molar-refractivity contribution >= 4 is 17.5 Å². The van der Waals surface area contributed by atoms with Crippen molar-refractivity contribution in [3.63, 3.8) is 0 Å². The van der Waals surface area contributed by atoms with E-state index in [0.29, 0.717) is 22.2 Å². The van der Waals surface area contributed by atoms with Crippen LogP contribution >= 0.6 is 11.6 Å². The molecule has 2 N–H and O–H groups in total. The fourth-order valence-corrected chi connectivity index (χ4v) is 2.90. The van der Waals surface area contributed by atoms with E-state index < -0.39 is 0 Å². The zero-order valence-electron chi connectivity index (χ0n) is 11.8. The van der Waals surface area contributed by atoms with E-state index in [1.807, 2.05) is 6.07 Å². The second-order valence-electron chi connectivity index (χ2n) is 5.13. The first-order valence-corrected chi connectivity index (χ1v) is 7.32. The van der Waals surface area contributed by atoms with Gasteiger partial charge in [0.2, 0.25) is 5.88 Å². The molecule has 0 saturated heterocycles. The summed E-state index contributed by atoms with van der Waals surface area (Å²) in [5.74, 6) is 1.44. The molecule has 1 aliphatic rings. The van der Waals surface area contributed by atoms with Crippen LogP contribution in [0.15, 0.2) is 22.7 Å². The largest absolute Gasteiger partial charge is 0.491 e. The van der Waals surface area contributed by atoms with Crippen molar-refractivity contribution in [1.82, 2.24) is 5.16 Å². The average molecular weight is 309 g/mol. The van der Waals surface area contributed by atoms with Gasteiger partial charge in [-0.3, -0.25) is 0 Å². The van der Waals surface area contributed by atoms with Crippen LogP contribution in [-0.4, -0.2) is 18.4 Å². The van der Waals surface area contributed by atoms with Crippen LogP contribution in [0.25, 0.3) is 11.3 Å². The number of aromatic nitrogens is 1. The van der Waals surface area contributed by atoms with Gasteiger partial charge in [0.25, 0.3) is 0 Å². The van der Waals surface area contributed by atoms with Crippen molar-refractivity contribution in [3.8, 4) is 22.8 Å². The molecule has 0 bridgehead atoms. The lowest BCUT2D eigenvalue weighted by atomic mass is 10.1. The Labute approximate surface area is 128 Å². The maximum Gasteiger partial charge on any atom is 0.222 e. The number of nitrogens with two attached hydrogens (primary N) is 1. The van der Waals surface area contributed by atoms with E-state index in [1.54, 1.807) is 19.2 Å². The van der Waals surface area contributed by atoms with Gasteiger partial charge in [-0.05, 0) is 37.8 Å². The fraction of sp³-hybridized carbons (Fsp3) is 0.400. The zero-order valence-corrected chi connectivity index (χ0v) is 12.5. The van der Waals surface area contributed by atoms with Crippen LogP contribution in [0.4, 0.5) is 5.88 Å². The van der Waals surface area contributed by atoms with Crippen molar-refractivity contribution in [2.24, 2.45) is 0 Å². The van der Waals surface area contributed by atoms with Crippen LogP contribution in [0.5, 0.6) is 11.5 Å². The average Bonchev–Trinajstić information content (AvgIpc) is 3.10. The van der Waals surface area contributed by atoms with Gasteiger partial charge in [0.15, 0.2) is 11.5 Å². The minimum absolute atomic E-state index is 0.215. The number of anilines is 1. The summed E-state index contributed by atoms with van der Waals surface area (Å²) in [5.41, 5.74) is 6.97. The third kappa shape index (κ3) is 2.93. The molecule has 6 heteroatoms. The molecule has 0 unspecified atom stereocenters. The minimum Gasteiger partial charge on any atom is -0.491 e. The third-order valence-electron chi connectivity index (χ3n) is 3.63. The Morgan fingerprint density at radius 3 is 2.67 bits per heavy atom. The molecule has 0 amide bonds. The van der Waals surface area contributed by atoms with Gasteiger partial charge in [-0.15, -0.1) is 0 Å². The van der Waals surface area contributed by atoms with E-state index in [4.69, 9.17) is 31.3 Å². The van der Waals surface area contributed by atoms with E-state index in [9.17, 15) is 0 Å². The highest BCUT2D eigenvalue weighted by Crippen LogP contribution is 2.41. The first kappa shape index (κ1) is 14.1. The number of ether oxygens (including phenoxy) is 2. The molecule has 0 spiro atoms.